The van der Waals surface area contributed by atoms with Crippen LogP contribution in [0, 0.1) is 11.6 Å². The Labute approximate surface area is 180 Å². The van der Waals surface area contributed by atoms with Crippen molar-refractivity contribution in [2.45, 2.75) is 19.9 Å². The summed E-state index contributed by atoms with van der Waals surface area (Å²) in [6, 6.07) is 10.6. The molecule has 1 atom stereocenters. The quantitative estimate of drug-likeness (QED) is 0.586. The summed E-state index contributed by atoms with van der Waals surface area (Å²) in [6.45, 7) is 3.54. The molecule has 158 valence electrons. The molecule has 2 aromatic carbocycles. The van der Waals surface area contributed by atoms with Gasteiger partial charge in [0.15, 0.2) is 4.80 Å². The van der Waals surface area contributed by atoms with Crippen LogP contribution >= 0.6 is 11.3 Å². The van der Waals surface area contributed by atoms with E-state index in [9.17, 15) is 18.4 Å². The fourth-order valence-electron chi connectivity index (χ4n) is 3.46. The smallest absolute Gasteiger partial charge is 0.338 e. The second-order valence-corrected chi connectivity index (χ2v) is 7.91. The third-order valence-corrected chi connectivity index (χ3v) is 5.85. The van der Waals surface area contributed by atoms with Gasteiger partial charge in [0.2, 0.25) is 0 Å². The van der Waals surface area contributed by atoms with Crippen molar-refractivity contribution in [2.24, 2.45) is 4.99 Å². The van der Waals surface area contributed by atoms with Crippen LogP contribution < -0.4 is 14.9 Å². The molecule has 0 aliphatic carbocycles. The predicted molar refractivity (Wildman–Crippen MR) is 113 cm³/mol. The van der Waals surface area contributed by atoms with E-state index in [1.54, 1.807) is 32.1 Å². The standard InChI is InChI=1S/C23H18F2N2O3S/c1-3-30-22(29)19-13(2)26-23-27(20(19)15-6-10-17(25)11-7-15)21(28)18(31-23)12-14-4-8-16(24)9-5-14/h4-12,20H,3H2,1-2H3. The molecule has 0 spiro atoms. The van der Waals surface area contributed by atoms with Crippen molar-refractivity contribution in [1.82, 2.24) is 4.57 Å². The normalized spacial score (nSPS) is 16.1. The minimum absolute atomic E-state index is 0.167. The van der Waals surface area contributed by atoms with E-state index in [0.717, 1.165) is 0 Å². The van der Waals surface area contributed by atoms with Crippen LogP contribution in [0.15, 0.2) is 69.6 Å². The van der Waals surface area contributed by atoms with Crippen LogP contribution in [-0.4, -0.2) is 17.1 Å². The number of halogens is 2. The van der Waals surface area contributed by atoms with E-state index in [1.165, 1.54) is 52.3 Å². The minimum atomic E-state index is -0.800. The van der Waals surface area contributed by atoms with Crippen LogP contribution in [0.5, 0.6) is 0 Å². The Kier molecular flexibility index (Phi) is 5.65. The first-order valence-electron chi connectivity index (χ1n) is 9.59. The van der Waals surface area contributed by atoms with Crippen molar-refractivity contribution in [2.75, 3.05) is 6.61 Å². The average Bonchev–Trinajstić information content (AvgIpc) is 3.04. The Morgan fingerprint density at radius 1 is 1.13 bits per heavy atom. The lowest BCUT2D eigenvalue weighted by Gasteiger charge is -2.24. The third kappa shape index (κ3) is 3.98. The number of esters is 1. The van der Waals surface area contributed by atoms with Gasteiger partial charge < -0.3 is 4.74 Å². The molecule has 0 N–H and O–H groups in total. The number of allylic oxidation sites excluding steroid dienone is 1. The molecule has 0 bridgehead atoms. The number of aromatic nitrogens is 1. The van der Waals surface area contributed by atoms with Gasteiger partial charge in [0.05, 0.1) is 28.5 Å². The van der Waals surface area contributed by atoms with E-state index >= 15 is 0 Å². The summed E-state index contributed by atoms with van der Waals surface area (Å²) in [6.07, 6.45) is 1.65. The summed E-state index contributed by atoms with van der Waals surface area (Å²) >= 11 is 1.17. The number of fused-ring (bicyclic) bond motifs is 1. The molecular weight excluding hydrogens is 422 g/mol. The van der Waals surface area contributed by atoms with Crippen LogP contribution in [0.4, 0.5) is 8.78 Å². The minimum Gasteiger partial charge on any atom is -0.463 e. The lowest BCUT2D eigenvalue weighted by Crippen LogP contribution is -2.39. The largest absolute Gasteiger partial charge is 0.463 e. The molecule has 0 saturated carbocycles. The summed E-state index contributed by atoms with van der Waals surface area (Å²) in [4.78, 5) is 31.0. The summed E-state index contributed by atoms with van der Waals surface area (Å²) in [5, 5.41) is 0. The molecule has 3 aromatic rings. The molecular formula is C23H18F2N2O3S. The number of rotatable bonds is 4. The second-order valence-electron chi connectivity index (χ2n) is 6.91. The zero-order chi connectivity index (χ0) is 22.1. The van der Waals surface area contributed by atoms with Gasteiger partial charge in [0.1, 0.15) is 11.6 Å². The fourth-order valence-corrected chi connectivity index (χ4v) is 4.51. The van der Waals surface area contributed by atoms with E-state index in [4.69, 9.17) is 4.74 Å². The second kappa shape index (κ2) is 8.39. The van der Waals surface area contributed by atoms with Crippen molar-refractivity contribution in [3.05, 3.63) is 102 Å². The highest BCUT2D eigenvalue weighted by Gasteiger charge is 2.33. The molecule has 2 heterocycles. The van der Waals surface area contributed by atoms with Gasteiger partial charge in [-0.3, -0.25) is 9.36 Å². The molecule has 1 unspecified atom stereocenters. The van der Waals surface area contributed by atoms with Gasteiger partial charge in [0, 0.05) is 0 Å². The molecule has 0 fully saturated rings. The number of nitrogens with zero attached hydrogens (tertiary/aromatic N) is 2. The number of hydrogen-bond donors (Lipinski definition) is 0. The highest BCUT2D eigenvalue weighted by molar-refractivity contribution is 7.07. The van der Waals surface area contributed by atoms with Crippen LogP contribution in [0.2, 0.25) is 0 Å². The maximum absolute atomic E-state index is 13.5. The molecule has 0 radical (unpaired) electrons. The van der Waals surface area contributed by atoms with Gasteiger partial charge in [-0.1, -0.05) is 35.6 Å². The molecule has 1 aliphatic rings. The number of carbonyl (C=O) groups is 1. The number of thiazole rings is 1. The van der Waals surface area contributed by atoms with E-state index in [0.29, 0.717) is 26.2 Å². The number of benzene rings is 2. The highest BCUT2D eigenvalue weighted by Crippen LogP contribution is 2.30. The van der Waals surface area contributed by atoms with Crippen molar-refractivity contribution in [3.8, 4) is 0 Å². The zero-order valence-electron chi connectivity index (χ0n) is 16.8. The SMILES string of the molecule is CCOC(=O)C1=C(C)N=c2sc(=Cc3ccc(F)cc3)c(=O)n2C1c1ccc(F)cc1. The van der Waals surface area contributed by atoms with E-state index in [-0.39, 0.29) is 23.6 Å². The van der Waals surface area contributed by atoms with Crippen LogP contribution in [0.25, 0.3) is 6.08 Å². The third-order valence-electron chi connectivity index (χ3n) is 4.87. The lowest BCUT2D eigenvalue weighted by atomic mass is 9.96. The van der Waals surface area contributed by atoms with E-state index < -0.39 is 17.8 Å². The average molecular weight is 440 g/mol. The van der Waals surface area contributed by atoms with Gasteiger partial charge in [0.25, 0.3) is 5.56 Å². The molecule has 0 saturated heterocycles. The Morgan fingerprint density at radius 2 is 1.74 bits per heavy atom. The molecule has 1 aromatic heterocycles. The molecule has 1 aliphatic heterocycles. The molecule has 4 rings (SSSR count). The Balaban J connectivity index is 1.94. The highest BCUT2D eigenvalue weighted by atomic mass is 32.1. The summed E-state index contributed by atoms with van der Waals surface area (Å²) in [5.74, 6) is -1.37. The number of hydrogen-bond acceptors (Lipinski definition) is 5. The van der Waals surface area contributed by atoms with E-state index in [2.05, 4.69) is 4.99 Å². The van der Waals surface area contributed by atoms with Gasteiger partial charge in [-0.05, 0) is 55.3 Å². The van der Waals surface area contributed by atoms with Gasteiger partial charge in [-0.25, -0.2) is 18.6 Å². The summed E-state index contributed by atoms with van der Waals surface area (Å²) in [7, 11) is 0. The van der Waals surface area contributed by atoms with Crippen LogP contribution in [-0.2, 0) is 9.53 Å². The first-order valence-corrected chi connectivity index (χ1v) is 10.4. The van der Waals surface area contributed by atoms with Crippen molar-refractivity contribution < 1.29 is 18.3 Å². The lowest BCUT2D eigenvalue weighted by molar-refractivity contribution is -0.139. The van der Waals surface area contributed by atoms with Gasteiger partial charge in [-0.2, -0.15) is 0 Å². The first kappa shape index (κ1) is 20.9. The first-order chi connectivity index (χ1) is 14.9. The summed E-state index contributed by atoms with van der Waals surface area (Å²) in [5.41, 5.74) is 1.53. The Morgan fingerprint density at radius 3 is 2.35 bits per heavy atom. The molecule has 0 amide bonds. The number of ether oxygens (including phenoxy) is 1. The number of carbonyl (C=O) groups excluding carboxylic acids is 1. The van der Waals surface area contributed by atoms with Gasteiger partial charge in [-0.15, -0.1) is 0 Å². The monoisotopic (exact) mass is 440 g/mol. The van der Waals surface area contributed by atoms with Crippen LogP contribution in [0.1, 0.15) is 31.0 Å². The van der Waals surface area contributed by atoms with Crippen molar-refractivity contribution in [1.29, 1.82) is 0 Å². The maximum Gasteiger partial charge on any atom is 0.338 e. The molecule has 5 nitrogen and oxygen atoms in total. The van der Waals surface area contributed by atoms with Crippen LogP contribution in [0.3, 0.4) is 0 Å². The zero-order valence-corrected chi connectivity index (χ0v) is 17.6. The maximum atomic E-state index is 13.5. The van der Waals surface area contributed by atoms with Crippen molar-refractivity contribution >= 4 is 23.4 Å². The van der Waals surface area contributed by atoms with E-state index in [1.807, 2.05) is 0 Å². The fraction of sp³-hybridized carbons (Fsp3) is 0.174. The molecule has 8 heteroatoms. The van der Waals surface area contributed by atoms with Crippen molar-refractivity contribution in [3.63, 3.8) is 0 Å². The van der Waals surface area contributed by atoms with Gasteiger partial charge >= 0.3 is 5.97 Å². The predicted octanol–water partition coefficient (Wildman–Crippen LogP) is 3.08. The Hall–Kier alpha value is -3.39. The molecule has 31 heavy (non-hydrogen) atoms. The Bertz CT molecular complexity index is 1350. The topological polar surface area (TPSA) is 60.7 Å². The summed E-state index contributed by atoms with van der Waals surface area (Å²) < 4.78 is 33.8.